The molecule has 5 nitrogen and oxygen atoms in total. The zero-order chi connectivity index (χ0) is 10.4. The number of nitrogens with one attached hydrogen (secondary N) is 2. The van der Waals surface area contributed by atoms with Crippen LogP contribution in [0.4, 0.5) is 17.1 Å². The number of hydrogen-bond donors (Lipinski definition) is 2. The van der Waals surface area contributed by atoms with Gasteiger partial charge < -0.3 is 10.6 Å². The molecule has 0 bridgehead atoms. The van der Waals surface area contributed by atoms with Gasteiger partial charge in [-0.05, 0) is 12.1 Å². The number of carbonyl (C=O) groups excluding carboxylic acids is 2. The summed E-state index contributed by atoms with van der Waals surface area (Å²) in [5, 5.41) is 5.83. The lowest BCUT2D eigenvalue weighted by Gasteiger charge is -2.13. The van der Waals surface area contributed by atoms with Gasteiger partial charge in [0.05, 0.1) is 23.7 Å². The Morgan fingerprint density at radius 1 is 1.20 bits per heavy atom. The molecule has 0 unspecified atom stereocenters. The van der Waals surface area contributed by atoms with Gasteiger partial charge in [0.25, 0.3) is 0 Å². The fourth-order valence-corrected chi connectivity index (χ4v) is 1.96. The number of carbonyl (C=O) groups is 2. The third-order valence-electron chi connectivity index (χ3n) is 2.62. The molecule has 0 aliphatic carbocycles. The summed E-state index contributed by atoms with van der Waals surface area (Å²) in [4.78, 5) is 24.6. The monoisotopic (exact) mass is 203 g/mol. The molecule has 3 rings (SSSR count). The van der Waals surface area contributed by atoms with Crippen molar-refractivity contribution in [3.8, 4) is 0 Å². The van der Waals surface area contributed by atoms with Gasteiger partial charge >= 0.3 is 0 Å². The maximum absolute atomic E-state index is 11.7. The van der Waals surface area contributed by atoms with Gasteiger partial charge in [-0.25, -0.2) is 0 Å². The molecule has 5 heteroatoms. The molecule has 1 aromatic carbocycles. The molecule has 0 spiro atoms. The smallest absolute Gasteiger partial charge is 0.238 e. The molecule has 0 fully saturated rings. The van der Waals surface area contributed by atoms with E-state index in [9.17, 15) is 9.59 Å². The number of rotatable bonds is 0. The van der Waals surface area contributed by atoms with Gasteiger partial charge in [0.2, 0.25) is 11.8 Å². The van der Waals surface area contributed by atoms with Gasteiger partial charge in [-0.2, -0.15) is 0 Å². The minimum atomic E-state index is -0.247. The molecule has 2 N–H and O–H groups in total. The summed E-state index contributed by atoms with van der Waals surface area (Å²) in [6.07, 6.45) is -0.0875. The van der Waals surface area contributed by atoms with E-state index in [0.717, 1.165) is 11.4 Å². The van der Waals surface area contributed by atoms with Crippen LogP contribution in [0.25, 0.3) is 0 Å². The Bertz CT molecular complexity index is 470. The summed E-state index contributed by atoms with van der Waals surface area (Å²) in [5.74, 6) is -0.411. The lowest BCUT2D eigenvalue weighted by atomic mass is 10.2. The average molecular weight is 203 g/mol. The van der Waals surface area contributed by atoms with Crippen LogP contribution in [0.15, 0.2) is 18.2 Å². The molecule has 0 radical (unpaired) electrons. The minimum absolute atomic E-state index is 0.0875. The molecular weight excluding hydrogens is 194 g/mol. The van der Waals surface area contributed by atoms with Gasteiger partial charge in [0.1, 0.15) is 6.42 Å². The van der Waals surface area contributed by atoms with Crippen molar-refractivity contribution in [1.82, 2.24) is 0 Å². The summed E-state index contributed by atoms with van der Waals surface area (Å²) in [6, 6.07) is 5.54. The Kier molecular flexibility index (Phi) is 1.50. The number of hydrogen-bond acceptors (Lipinski definition) is 3. The Hall–Kier alpha value is -2.04. The first-order valence-electron chi connectivity index (χ1n) is 4.73. The van der Waals surface area contributed by atoms with Gasteiger partial charge in [-0.3, -0.25) is 14.5 Å². The number of nitrogens with zero attached hydrogens (tertiary/aromatic N) is 1. The zero-order valence-electron chi connectivity index (χ0n) is 7.91. The number of amides is 2. The van der Waals surface area contributed by atoms with E-state index in [0.29, 0.717) is 12.4 Å². The van der Waals surface area contributed by atoms with E-state index in [1.54, 1.807) is 11.0 Å². The molecule has 1 aromatic rings. The summed E-state index contributed by atoms with van der Waals surface area (Å²) >= 11 is 0. The molecule has 0 atom stereocenters. The van der Waals surface area contributed by atoms with E-state index < -0.39 is 0 Å². The van der Waals surface area contributed by atoms with Crippen molar-refractivity contribution >= 4 is 28.9 Å². The minimum Gasteiger partial charge on any atom is -0.366 e. The Balaban J connectivity index is 2.22. The van der Waals surface area contributed by atoms with Crippen molar-refractivity contribution in [2.24, 2.45) is 0 Å². The van der Waals surface area contributed by atoms with Crippen LogP contribution in [0, 0.1) is 0 Å². The normalized spacial score (nSPS) is 18.0. The van der Waals surface area contributed by atoms with Crippen LogP contribution in [0.3, 0.4) is 0 Å². The first-order valence-corrected chi connectivity index (χ1v) is 4.73. The fraction of sp³-hybridized carbons (Fsp3) is 0.200. The van der Waals surface area contributed by atoms with Crippen LogP contribution in [-0.4, -0.2) is 18.5 Å². The van der Waals surface area contributed by atoms with Crippen molar-refractivity contribution in [2.45, 2.75) is 6.42 Å². The highest BCUT2D eigenvalue weighted by molar-refractivity contribution is 6.17. The second kappa shape index (κ2) is 2.73. The van der Waals surface area contributed by atoms with Crippen LogP contribution in [0.1, 0.15) is 6.42 Å². The highest BCUT2D eigenvalue weighted by Gasteiger charge is 2.31. The second-order valence-corrected chi connectivity index (χ2v) is 3.58. The Labute approximate surface area is 86.1 Å². The lowest BCUT2D eigenvalue weighted by molar-refractivity contribution is -0.124. The van der Waals surface area contributed by atoms with Crippen LogP contribution < -0.4 is 15.5 Å². The molecule has 2 amide bonds. The van der Waals surface area contributed by atoms with Crippen LogP contribution in [0.2, 0.25) is 0 Å². The second-order valence-electron chi connectivity index (χ2n) is 3.58. The van der Waals surface area contributed by atoms with E-state index in [4.69, 9.17) is 0 Å². The van der Waals surface area contributed by atoms with Gasteiger partial charge in [0, 0.05) is 0 Å². The van der Waals surface area contributed by atoms with E-state index >= 15 is 0 Å². The van der Waals surface area contributed by atoms with Crippen LogP contribution >= 0.6 is 0 Å². The first-order chi connectivity index (χ1) is 7.25. The number of anilines is 3. The van der Waals surface area contributed by atoms with Gasteiger partial charge in [-0.1, -0.05) is 6.07 Å². The fourth-order valence-electron chi connectivity index (χ4n) is 1.96. The number of para-hydroxylation sites is 1. The lowest BCUT2D eigenvalue weighted by Crippen LogP contribution is -2.30. The van der Waals surface area contributed by atoms with Crippen molar-refractivity contribution < 1.29 is 9.59 Å². The van der Waals surface area contributed by atoms with Crippen molar-refractivity contribution in [2.75, 3.05) is 22.2 Å². The largest absolute Gasteiger partial charge is 0.366 e. The molecular formula is C10H9N3O2. The van der Waals surface area contributed by atoms with E-state index in [1.165, 1.54) is 0 Å². The Morgan fingerprint density at radius 3 is 2.87 bits per heavy atom. The first kappa shape index (κ1) is 8.28. The summed E-state index contributed by atoms with van der Waals surface area (Å²) in [5.41, 5.74) is 2.38. The van der Waals surface area contributed by atoms with Crippen molar-refractivity contribution in [3.05, 3.63) is 18.2 Å². The van der Waals surface area contributed by atoms with Gasteiger partial charge in [-0.15, -0.1) is 0 Å². The van der Waals surface area contributed by atoms with E-state index in [1.807, 2.05) is 12.1 Å². The standard InChI is InChI=1S/C10H9N3O2/c14-8-4-9(15)13-5-11-6-2-1-3-7(12-8)10(6)13/h1-3,11H,4-5H2,(H,12,14). The van der Waals surface area contributed by atoms with Crippen molar-refractivity contribution in [1.29, 1.82) is 0 Å². The summed E-state index contributed by atoms with van der Waals surface area (Å²) in [6.45, 7) is 0.445. The molecule has 2 aliphatic heterocycles. The highest BCUT2D eigenvalue weighted by Crippen LogP contribution is 2.39. The van der Waals surface area contributed by atoms with Crippen LogP contribution in [-0.2, 0) is 9.59 Å². The molecule has 0 aromatic heterocycles. The van der Waals surface area contributed by atoms with Crippen LogP contribution in [0.5, 0.6) is 0 Å². The third kappa shape index (κ3) is 1.09. The Morgan fingerprint density at radius 2 is 2.00 bits per heavy atom. The molecule has 15 heavy (non-hydrogen) atoms. The molecule has 0 saturated heterocycles. The zero-order valence-corrected chi connectivity index (χ0v) is 7.91. The van der Waals surface area contributed by atoms with Gasteiger partial charge in [0.15, 0.2) is 0 Å². The van der Waals surface area contributed by atoms with E-state index in [-0.39, 0.29) is 18.2 Å². The quantitative estimate of drug-likeness (QED) is 0.611. The summed E-state index contributed by atoms with van der Waals surface area (Å²) in [7, 11) is 0. The molecule has 2 aliphatic rings. The SMILES string of the molecule is O=C1CC(=O)N2CNc3cccc(c32)N1. The summed E-state index contributed by atoms with van der Waals surface area (Å²) < 4.78 is 0. The predicted octanol–water partition coefficient (Wildman–Crippen LogP) is 0.745. The maximum atomic E-state index is 11.7. The van der Waals surface area contributed by atoms with E-state index in [2.05, 4.69) is 10.6 Å². The third-order valence-corrected chi connectivity index (χ3v) is 2.62. The number of benzene rings is 1. The molecule has 0 saturated carbocycles. The topological polar surface area (TPSA) is 61.4 Å². The van der Waals surface area contributed by atoms with Crippen molar-refractivity contribution in [3.63, 3.8) is 0 Å². The average Bonchev–Trinajstić information content (AvgIpc) is 2.56. The molecule has 2 heterocycles. The maximum Gasteiger partial charge on any atom is 0.238 e. The molecule has 76 valence electrons. The highest BCUT2D eigenvalue weighted by atomic mass is 16.2. The predicted molar refractivity (Wildman–Crippen MR) is 55.7 cm³/mol.